The monoisotopic (exact) mass is 622 g/mol. The van der Waals surface area contributed by atoms with Crippen LogP contribution in [0.5, 0.6) is 6.01 Å². The molecular weight excluding hydrogens is 585 g/mol. The van der Waals surface area contributed by atoms with Crippen molar-refractivity contribution < 1.29 is 27.8 Å². The Morgan fingerprint density at radius 3 is 2.87 bits per heavy atom. The summed E-state index contributed by atoms with van der Waals surface area (Å²) < 4.78 is 59.6. The highest BCUT2D eigenvalue weighted by atomic mass is 19.1. The topological polar surface area (TPSA) is 99.6 Å². The molecule has 0 spiro atoms. The molecule has 3 atom stereocenters. The molecule has 3 aliphatic heterocycles. The maximum atomic E-state index is 17.0. The van der Waals surface area contributed by atoms with E-state index >= 15 is 8.78 Å². The van der Waals surface area contributed by atoms with Gasteiger partial charge in [0.1, 0.15) is 35.5 Å². The third kappa shape index (κ3) is 5.22. The predicted octanol–water partition coefficient (Wildman–Crippen LogP) is 5.34. The van der Waals surface area contributed by atoms with Gasteiger partial charge < -0.3 is 19.5 Å². The van der Waals surface area contributed by atoms with E-state index in [0.29, 0.717) is 41.5 Å². The number of halogens is 3. The molecule has 3 fully saturated rings. The van der Waals surface area contributed by atoms with Crippen molar-refractivity contribution in [2.24, 2.45) is 0 Å². The molecule has 9 nitrogen and oxygen atoms in total. The number of aryl methyl sites for hydroxylation is 1. The maximum absolute atomic E-state index is 17.0. The molecule has 2 N–H and O–H groups in total. The minimum Gasteiger partial charge on any atom is -0.461 e. The lowest BCUT2D eigenvalue weighted by Crippen LogP contribution is -2.44. The average Bonchev–Trinajstić information content (AvgIpc) is 3.65. The molecule has 4 aromatic rings. The van der Waals surface area contributed by atoms with Gasteiger partial charge in [-0.1, -0.05) is 12.2 Å². The zero-order valence-electron chi connectivity index (χ0n) is 25.7. The van der Waals surface area contributed by atoms with Crippen LogP contribution in [-0.2, 0) is 4.74 Å². The van der Waals surface area contributed by atoms with Gasteiger partial charge in [0.15, 0.2) is 5.82 Å². The average molecular weight is 623 g/mol. The first-order valence-electron chi connectivity index (χ1n) is 15.5. The van der Waals surface area contributed by atoms with Crippen molar-refractivity contribution in [3.63, 3.8) is 0 Å². The van der Waals surface area contributed by atoms with Gasteiger partial charge >= 0.3 is 6.01 Å². The van der Waals surface area contributed by atoms with E-state index in [1.807, 2.05) is 32.1 Å². The first-order valence-corrected chi connectivity index (χ1v) is 15.5. The molecule has 0 saturated carbocycles. The fourth-order valence-corrected chi connectivity index (χ4v) is 7.42. The van der Waals surface area contributed by atoms with Gasteiger partial charge in [-0.15, -0.1) is 0 Å². The molecule has 0 amide bonds. The maximum Gasteiger partial charge on any atom is 0.319 e. The Bertz CT molecular complexity index is 1810. The largest absolute Gasteiger partial charge is 0.461 e. The van der Waals surface area contributed by atoms with E-state index in [2.05, 4.69) is 25.1 Å². The molecule has 0 unspecified atom stereocenters. The Kier molecular flexibility index (Phi) is 7.49. The van der Waals surface area contributed by atoms with Gasteiger partial charge in [0.2, 0.25) is 0 Å². The number of β-amino-alcohol motifs (C(OH)–C–C–N with tert-alkyl or cyclic N) is 1. The molecule has 238 valence electrons. The molecule has 0 aliphatic carbocycles. The van der Waals surface area contributed by atoms with Crippen molar-refractivity contribution >= 4 is 33.7 Å². The van der Waals surface area contributed by atoms with Crippen molar-refractivity contribution in [1.29, 1.82) is 0 Å². The summed E-state index contributed by atoms with van der Waals surface area (Å²) in [6.45, 7) is 7.50. The number of H-pyrrole nitrogens is 1. The summed E-state index contributed by atoms with van der Waals surface area (Å²) >= 11 is 0. The molecule has 2 aromatic heterocycles. The minimum absolute atomic E-state index is 0.0892. The van der Waals surface area contributed by atoms with Crippen molar-refractivity contribution in [3.8, 4) is 17.1 Å². The Labute approximate surface area is 259 Å². The van der Waals surface area contributed by atoms with Crippen molar-refractivity contribution in [2.45, 2.75) is 57.3 Å². The van der Waals surface area contributed by atoms with E-state index in [9.17, 15) is 9.50 Å². The van der Waals surface area contributed by atoms with E-state index in [4.69, 9.17) is 9.47 Å². The number of anilines is 1. The zero-order chi connectivity index (χ0) is 31.5. The summed E-state index contributed by atoms with van der Waals surface area (Å²) in [7, 11) is 0. The van der Waals surface area contributed by atoms with Crippen LogP contribution in [0.1, 0.15) is 44.2 Å². The molecule has 0 bridgehead atoms. The van der Waals surface area contributed by atoms with E-state index in [1.165, 1.54) is 6.07 Å². The number of benzene rings is 2. The van der Waals surface area contributed by atoms with Crippen LogP contribution < -0.4 is 9.64 Å². The number of nitrogens with one attached hydrogen (secondary N) is 1. The summed E-state index contributed by atoms with van der Waals surface area (Å²) in [5.41, 5.74) is 0.449. The molecule has 5 heterocycles. The molecule has 0 radical (unpaired) electrons. The number of rotatable bonds is 6. The van der Waals surface area contributed by atoms with Crippen LogP contribution in [0.15, 0.2) is 24.4 Å². The number of ether oxygens (including phenoxy) is 2. The van der Waals surface area contributed by atoms with Crippen LogP contribution in [0.25, 0.3) is 39.0 Å². The molecule has 2 aromatic carbocycles. The number of nitrogens with zero attached hydrogens (tertiary/aromatic N) is 5. The molecule has 12 heteroatoms. The van der Waals surface area contributed by atoms with Gasteiger partial charge in [-0.25, -0.2) is 13.2 Å². The SMILES string of the molecule is C/C=C\c1c(C)cc2[nH]ncc2c1-c1c(F)cc2c(N3CCOC[C@@](C)(O)C3)nc(OC[C@@]34CCCN3C[C@H](F)C4)nc2c1F. The Morgan fingerprint density at radius 2 is 2.04 bits per heavy atom. The lowest BCUT2D eigenvalue weighted by atomic mass is 9.91. The van der Waals surface area contributed by atoms with E-state index in [0.717, 1.165) is 24.9 Å². The van der Waals surface area contributed by atoms with E-state index in [1.54, 1.807) is 18.0 Å². The first-order chi connectivity index (χ1) is 21.6. The van der Waals surface area contributed by atoms with Gasteiger partial charge in [0, 0.05) is 35.8 Å². The minimum atomic E-state index is -1.23. The van der Waals surface area contributed by atoms with Gasteiger partial charge in [-0.05, 0) is 63.4 Å². The normalized spacial score (nSPS) is 25.9. The van der Waals surface area contributed by atoms with Gasteiger partial charge in [-0.3, -0.25) is 10.00 Å². The molecular formula is C33H37F3N6O3. The number of aromatic nitrogens is 4. The highest BCUT2D eigenvalue weighted by molar-refractivity contribution is 6.03. The lowest BCUT2D eigenvalue weighted by molar-refractivity contribution is -0.0123. The van der Waals surface area contributed by atoms with Crippen LogP contribution in [0, 0.1) is 18.6 Å². The fourth-order valence-electron chi connectivity index (χ4n) is 7.42. The number of aliphatic hydroxyl groups is 1. The molecule has 3 saturated heterocycles. The summed E-state index contributed by atoms with van der Waals surface area (Å²) in [4.78, 5) is 13.1. The number of aromatic amines is 1. The molecule has 3 aliphatic rings. The van der Waals surface area contributed by atoms with E-state index in [-0.39, 0.29) is 54.7 Å². The highest BCUT2D eigenvalue weighted by Gasteiger charge is 2.49. The molecule has 7 rings (SSSR count). The predicted molar refractivity (Wildman–Crippen MR) is 166 cm³/mol. The first kappa shape index (κ1) is 29.9. The number of fused-ring (bicyclic) bond motifs is 3. The van der Waals surface area contributed by atoms with Gasteiger partial charge in [-0.2, -0.15) is 15.1 Å². The third-order valence-electron chi connectivity index (χ3n) is 9.40. The number of hydrogen-bond donors (Lipinski definition) is 2. The van der Waals surface area contributed by atoms with Gasteiger partial charge in [0.25, 0.3) is 0 Å². The van der Waals surface area contributed by atoms with Crippen LogP contribution in [0.3, 0.4) is 0 Å². The number of allylic oxidation sites excluding steroid dienone is 1. The van der Waals surface area contributed by atoms with Crippen LogP contribution in [-0.4, -0.2) is 93.5 Å². The second-order valence-corrected chi connectivity index (χ2v) is 12.9. The quantitative estimate of drug-likeness (QED) is 0.298. The van der Waals surface area contributed by atoms with Crippen LogP contribution in [0.4, 0.5) is 19.0 Å². The Hall–Kier alpha value is -3.74. The van der Waals surface area contributed by atoms with Crippen LogP contribution in [0.2, 0.25) is 0 Å². The van der Waals surface area contributed by atoms with E-state index < -0.39 is 28.9 Å². The molecule has 45 heavy (non-hydrogen) atoms. The second-order valence-electron chi connectivity index (χ2n) is 12.9. The Morgan fingerprint density at radius 1 is 1.20 bits per heavy atom. The second kappa shape index (κ2) is 11.3. The zero-order valence-corrected chi connectivity index (χ0v) is 25.7. The van der Waals surface area contributed by atoms with Gasteiger partial charge in [0.05, 0.1) is 42.6 Å². The lowest BCUT2D eigenvalue weighted by Gasteiger charge is -2.31. The highest BCUT2D eigenvalue weighted by Crippen LogP contribution is 2.43. The fraction of sp³-hybridized carbons (Fsp3) is 0.485. The summed E-state index contributed by atoms with van der Waals surface area (Å²) in [5, 5.41) is 18.7. The van der Waals surface area contributed by atoms with Crippen molar-refractivity contribution in [1.82, 2.24) is 25.1 Å². The number of hydrogen-bond acceptors (Lipinski definition) is 8. The summed E-state index contributed by atoms with van der Waals surface area (Å²) in [6, 6.07) is 3.06. The smallest absolute Gasteiger partial charge is 0.319 e. The van der Waals surface area contributed by atoms with Crippen molar-refractivity contribution in [2.75, 3.05) is 50.9 Å². The number of alkyl halides is 1. The Balaban J connectivity index is 1.42. The third-order valence-corrected chi connectivity index (χ3v) is 9.40. The van der Waals surface area contributed by atoms with Crippen LogP contribution >= 0.6 is 0 Å². The summed E-state index contributed by atoms with van der Waals surface area (Å²) in [5.74, 6) is -1.41. The van der Waals surface area contributed by atoms with Crippen molar-refractivity contribution in [3.05, 3.63) is 47.2 Å². The standard InChI is InChI=1S/C33H37F3N6O3/c1-4-6-21-19(2)11-25-23(14-37-40-25)26(21)27-24(35)12-22-29(28(27)36)38-31(39-30(22)41-9-10-44-17-32(3,43)16-41)45-18-33-7-5-8-42(33)15-20(34)13-33/h4,6,11-12,14,20,43H,5,7-10,13,15-18H2,1-3H3,(H,37,40)/b6-4-/t20-,32+,33+/m1/s1. The summed E-state index contributed by atoms with van der Waals surface area (Å²) in [6.07, 6.45) is 6.34.